The van der Waals surface area contributed by atoms with E-state index < -0.39 is 0 Å². The number of nitrogens with one attached hydrogen (secondary N) is 1. The topological polar surface area (TPSA) is 63.8 Å². The first-order valence-corrected chi connectivity index (χ1v) is 6.05. The molecule has 0 bridgehead atoms. The molecule has 2 rings (SSSR count). The molecule has 18 heavy (non-hydrogen) atoms. The third-order valence-electron chi connectivity index (χ3n) is 2.74. The van der Waals surface area contributed by atoms with Crippen molar-refractivity contribution in [3.05, 3.63) is 47.5 Å². The number of benzene rings is 1. The fourth-order valence-corrected chi connectivity index (χ4v) is 1.83. The van der Waals surface area contributed by atoms with Crippen molar-refractivity contribution in [1.29, 1.82) is 0 Å². The van der Waals surface area contributed by atoms with E-state index in [2.05, 4.69) is 27.4 Å². The molecule has 0 atom stereocenters. The van der Waals surface area contributed by atoms with Crippen LogP contribution in [-0.4, -0.2) is 16.5 Å². The highest BCUT2D eigenvalue weighted by molar-refractivity contribution is 5.61. The Morgan fingerprint density at radius 1 is 1.28 bits per heavy atom. The van der Waals surface area contributed by atoms with Crippen LogP contribution in [-0.2, 0) is 6.42 Å². The van der Waals surface area contributed by atoms with Crippen molar-refractivity contribution in [3.8, 4) is 0 Å². The minimum atomic E-state index is 0.663. The molecule has 0 saturated carbocycles. The van der Waals surface area contributed by atoms with Gasteiger partial charge in [-0.3, -0.25) is 0 Å². The Hall–Kier alpha value is -1.94. The lowest BCUT2D eigenvalue weighted by Gasteiger charge is -2.10. The lowest BCUT2D eigenvalue weighted by atomic mass is 10.1. The molecule has 0 aliphatic carbocycles. The van der Waals surface area contributed by atoms with Crippen LogP contribution in [0.1, 0.15) is 17.1 Å². The summed E-state index contributed by atoms with van der Waals surface area (Å²) in [7, 11) is 0. The Bertz CT molecular complexity index is 537. The van der Waals surface area contributed by atoms with Crippen molar-refractivity contribution in [2.24, 2.45) is 5.73 Å². The molecule has 1 aromatic heterocycles. The quantitative estimate of drug-likeness (QED) is 0.863. The number of rotatable bonds is 4. The molecule has 0 amide bonds. The zero-order valence-electron chi connectivity index (χ0n) is 10.8. The summed E-state index contributed by atoms with van der Waals surface area (Å²) in [5, 5.41) is 3.33. The van der Waals surface area contributed by atoms with Gasteiger partial charge in [-0.2, -0.15) is 0 Å². The van der Waals surface area contributed by atoms with Crippen LogP contribution in [0, 0.1) is 13.8 Å². The second-order valence-corrected chi connectivity index (χ2v) is 4.28. The highest BCUT2D eigenvalue weighted by Crippen LogP contribution is 2.19. The van der Waals surface area contributed by atoms with Crippen LogP contribution in [0.2, 0.25) is 0 Å². The van der Waals surface area contributed by atoms with Gasteiger partial charge in [-0.25, -0.2) is 9.97 Å². The largest absolute Gasteiger partial charge is 0.353 e. The number of anilines is 2. The van der Waals surface area contributed by atoms with Gasteiger partial charge in [-0.15, -0.1) is 0 Å². The molecule has 0 spiro atoms. The van der Waals surface area contributed by atoms with E-state index in [1.54, 1.807) is 0 Å². The van der Waals surface area contributed by atoms with E-state index in [-0.39, 0.29) is 0 Å². The van der Waals surface area contributed by atoms with Gasteiger partial charge in [0.25, 0.3) is 0 Å². The summed E-state index contributed by atoms with van der Waals surface area (Å²) in [4.78, 5) is 8.54. The molecular formula is C14H18N4. The van der Waals surface area contributed by atoms with Crippen molar-refractivity contribution < 1.29 is 0 Å². The summed E-state index contributed by atoms with van der Waals surface area (Å²) in [6, 6.07) is 8.24. The van der Waals surface area contributed by atoms with Crippen LogP contribution >= 0.6 is 0 Å². The maximum atomic E-state index is 5.56. The molecule has 1 aromatic carbocycles. The van der Waals surface area contributed by atoms with Crippen molar-refractivity contribution in [1.82, 2.24) is 9.97 Å². The Kier molecular flexibility index (Phi) is 3.89. The van der Waals surface area contributed by atoms with Gasteiger partial charge in [0, 0.05) is 5.69 Å². The first-order chi connectivity index (χ1) is 8.69. The monoisotopic (exact) mass is 242 g/mol. The van der Waals surface area contributed by atoms with E-state index in [9.17, 15) is 0 Å². The average Bonchev–Trinajstić information content (AvgIpc) is 2.34. The number of nitrogens with zero attached hydrogens (tertiary/aromatic N) is 2. The van der Waals surface area contributed by atoms with E-state index in [4.69, 9.17) is 5.73 Å². The van der Waals surface area contributed by atoms with Gasteiger partial charge in [0.1, 0.15) is 5.82 Å². The molecule has 2 aromatic rings. The van der Waals surface area contributed by atoms with Crippen LogP contribution in [0.15, 0.2) is 30.5 Å². The lowest BCUT2D eigenvalue weighted by Crippen LogP contribution is -2.03. The van der Waals surface area contributed by atoms with Crippen molar-refractivity contribution in [2.45, 2.75) is 20.3 Å². The predicted octanol–water partition coefficient (Wildman–Crippen LogP) is 2.34. The van der Waals surface area contributed by atoms with Crippen molar-refractivity contribution in [3.63, 3.8) is 0 Å². The first kappa shape index (κ1) is 12.5. The summed E-state index contributed by atoms with van der Waals surface area (Å²) in [6.45, 7) is 4.52. The van der Waals surface area contributed by atoms with E-state index in [1.807, 2.05) is 32.2 Å². The molecule has 1 heterocycles. The third-order valence-corrected chi connectivity index (χ3v) is 2.74. The summed E-state index contributed by atoms with van der Waals surface area (Å²) < 4.78 is 0. The van der Waals surface area contributed by atoms with E-state index in [0.29, 0.717) is 6.54 Å². The van der Waals surface area contributed by atoms with Crippen LogP contribution in [0.4, 0.5) is 11.4 Å². The molecule has 0 unspecified atom stereocenters. The fraction of sp³-hybridized carbons (Fsp3) is 0.286. The molecule has 3 N–H and O–H groups in total. The molecule has 0 aliphatic heterocycles. The average molecular weight is 242 g/mol. The molecule has 0 saturated heterocycles. The van der Waals surface area contributed by atoms with Gasteiger partial charge < -0.3 is 11.1 Å². The van der Waals surface area contributed by atoms with Crippen LogP contribution in [0.3, 0.4) is 0 Å². The van der Waals surface area contributed by atoms with Gasteiger partial charge in [0.15, 0.2) is 0 Å². The molecule has 0 fully saturated rings. The predicted molar refractivity (Wildman–Crippen MR) is 74.0 cm³/mol. The van der Waals surface area contributed by atoms with E-state index >= 15 is 0 Å². The second kappa shape index (κ2) is 5.60. The summed E-state index contributed by atoms with van der Waals surface area (Å²) in [6.07, 6.45) is 2.70. The molecule has 94 valence electrons. The highest BCUT2D eigenvalue weighted by atomic mass is 15.0. The van der Waals surface area contributed by atoms with E-state index in [1.165, 1.54) is 5.56 Å². The SMILES string of the molecule is Cc1ncc(Nc2cccc(CCN)c2)c(C)n1. The number of hydrogen-bond donors (Lipinski definition) is 2. The third kappa shape index (κ3) is 3.05. The maximum absolute atomic E-state index is 5.56. The minimum Gasteiger partial charge on any atom is -0.353 e. The molecule has 0 radical (unpaired) electrons. The molecular weight excluding hydrogens is 224 g/mol. The second-order valence-electron chi connectivity index (χ2n) is 4.28. The van der Waals surface area contributed by atoms with Gasteiger partial charge in [-0.05, 0) is 44.5 Å². The molecule has 0 aliphatic rings. The van der Waals surface area contributed by atoms with E-state index in [0.717, 1.165) is 29.3 Å². The number of hydrogen-bond acceptors (Lipinski definition) is 4. The molecule has 4 heteroatoms. The number of aromatic nitrogens is 2. The van der Waals surface area contributed by atoms with Crippen molar-refractivity contribution in [2.75, 3.05) is 11.9 Å². The normalized spacial score (nSPS) is 10.4. The lowest BCUT2D eigenvalue weighted by molar-refractivity contribution is 0.969. The van der Waals surface area contributed by atoms with Crippen LogP contribution in [0.25, 0.3) is 0 Å². The summed E-state index contributed by atoms with van der Waals surface area (Å²) in [5.74, 6) is 0.787. The Morgan fingerprint density at radius 3 is 2.83 bits per heavy atom. The Balaban J connectivity index is 2.20. The van der Waals surface area contributed by atoms with Crippen LogP contribution in [0.5, 0.6) is 0 Å². The minimum absolute atomic E-state index is 0.663. The number of aryl methyl sites for hydroxylation is 2. The summed E-state index contributed by atoms with van der Waals surface area (Å²) in [5.41, 5.74) is 9.72. The van der Waals surface area contributed by atoms with Gasteiger partial charge in [0.05, 0.1) is 17.6 Å². The Morgan fingerprint density at radius 2 is 2.11 bits per heavy atom. The smallest absolute Gasteiger partial charge is 0.125 e. The number of nitrogens with two attached hydrogens (primary N) is 1. The van der Waals surface area contributed by atoms with Crippen LogP contribution < -0.4 is 11.1 Å². The maximum Gasteiger partial charge on any atom is 0.125 e. The van der Waals surface area contributed by atoms with Gasteiger partial charge >= 0.3 is 0 Å². The highest BCUT2D eigenvalue weighted by Gasteiger charge is 2.02. The molecule has 4 nitrogen and oxygen atoms in total. The standard InChI is InChI=1S/C14H18N4/c1-10-14(9-16-11(2)17-10)18-13-5-3-4-12(8-13)6-7-15/h3-5,8-9,18H,6-7,15H2,1-2H3. The fourth-order valence-electron chi connectivity index (χ4n) is 1.83. The summed E-state index contributed by atoms with van der Waals surface area (Å²) >= 11 is 0. The zero-order chi connectivity index (χ0) is 13.0. The van der Waals surface area contributed by atoms with Gasteiger partial charge in [0.2, 0.25) is 0 Å². The van der Waals surface area contributed by atoms with Crippen molar-refractivity contribution >= 4 is 11.4 Å². The van der Waals surface area contributed by atoms with Gasteiger partial charge in [-0.1, -0.05) is 12.1 Å². The Labute approximate surface area is 107 Å². The first-order valence-electron chi connectivity index (χ1n) is 6.05. The zero-order valence-corrected chi connectivity index (χ0v) is 10.8.